The average molecular weight is 474 g/mol. The monoisotopic (exact) mass is 473 g/mol. The minimum Gasteiger partial charge on any atom is -0.495 e. The van der Waals surface area contributed by atoms with Gasteiger partial charge in [0.1, 0.15) is 11.5 Å². The number of aldehydes is 1. The summed E-state index contributed by atoms with van der Waals surface area (Å²) in [6.45, 7) is 6.31. The molecule has 0 saturated heterocycles. The molecule has 2 aromatic heterocycles. The third-order valence-corrected chi connectivity index (χ3v) is 6.16. The predicted octanol–water partition coefficient (Wildman–Crippen LogP) is 6.85. The smallest absolute Gasteiger partial charge is 0.150 e. The van der Waals surface area contributed by atoms with Crippen molar-refractivity contribution in [3.8, 4) is 0 Å². The fraction of sp³-hybridized carbons (Fsp3) is 0.214. The van der Waals surface area contributed by atoms with Gasteiger partial charge >= 0.3 is 0 Å². The van der Waals surface area contributed by atoms with Crippen molar-refractivity contribution in [1.82, 2.24) is 4.98 Å². The van der Waals surface area contributed by atoms with Crippen LogP contribution in [0.3, 0.4) is 0 Å². The molecule has 34 heavy (non-hydrogen) atoms. The van der Waals surface area contributed by atoms with Gasteiger partial charge in [0.05, 0.1) is 7.11 Å². The number of nitrogens with two attached hydrogens (primary N) is 1. The molecule has 5 nitrogen and oxygen atoms in total. The van der Waals surface area contributed by atoms with Crippen LogP contribution in [0.2, 0.25) is 0 Å². The van der Waals surface area contributed by atoms with E-state index >= 15 is 0 Å². The van der Waals surface area contributed by atoms with Gasteiger partial charge in [-0.1, -0.05) is 25.1 Å². The number of thiophene rings is 1. The Balaban J connectivity index is 0.000000396. The van der Waals surface area contributed by atoms with Crippen molar-refractivity contribution in [2.24, 2.45) is 4.99 Å². The fourth-order valence-corrected chi connectivity index (χ4v) is 4.19. The van der Waals surface area contributed by atoms with E-state index in [1.165, 1.54) is 22.6 Å². The molecule has 6 heteroatoms. The van der Waals surface area contributed by atoms with E-state index in [2.05, 4.69) is 50.0 Å². The van der Waals surface area contributed by atoms with Crippen LogP contribution in [0, 0.1) is 6.92 Å². The molecule has 0 bridgehead atoms. The molecule has 3 aromatic rings. The summed E-state index contributed by atoms with van der Waals surface area (Å²) < 4.78 is 5.54. The lowest BCUT2D eigenvalue weighted by Gasteiger charge is -2.14. The Morgan fingerprint density at radius 2 is 2.09 bits per heavy atom. The highest BCUT2D eigenvalue weighted by Gasteiger charge is 2.14. The Morgan fingerprint density at radius 3 is 2.68 bits per heavy atom. The van der Waals surface area contributed by atoms with Gasteiger partial charge in [-0.2, -0.15) is 11.3 Å². The number of dihydropyridines is 1. The Bertz CT molecular complexity index is 1240. The molecule has 1 aromatic carbocycles. The van der Waals surface area contributed by atoms with Crippen molar-refractivity contribution in [2.75, 3.05) is 12.8 Å². The molecule has 0 radical (unpaired) electrons. The second-order valence-electron chi connectivity index (χ2n) is 7.94. The molecule has 3 N–H and O–H groups in total. The summed E-state index contributed by atoms with van der Waals surface area (Å²) in [4.78, 5) is 18.2. The van der Waals surface area contributed by atoms with Crippen molar-refractivity contribution in [3.63, 3.8) is 0 Å². The number of hydrogen-bond acceptors (Lipinski definition) is 5. The largest absolute Gasteiger partial charge is 0.495 e. The van der Waals surface area contributed by atoms with Crippen LogP contribution in [0.1, 0.15) is 53.1 Å². The van der Waals surface area contributed by atoms with Crippen LogP contribution in [-0.4, -0.2) is 24.1 Å². The Labute approximate surface area is 205 Å². The first-order valence-electron chi connectivity index (χ1n) is 11.2. The quantitative estimate of drug-likeness (QED) is 0.303. The van der Waals surface area contributed by atoms with Gasteiger partial charge in [0.2, 0.25) is 0 Å². The number of nitrogens with zero attached hydrogens (tertiary/aromatic N) is 1. The highest BCUT2D eigenvalue weighted by molar-refractivity contribution is 7.08. The van der Waals surface area contributed by atoms with Gasteiger partial charge < -0.3 is 15.5 Å². The lowest BCUT2D eigenvalue weighted by molar-refractivity contribution is 0.112. The van der Waals surface area contributed by atoms with Gasteiger partial charge in [0.25, 0.3) is 0 Å². The zero-order chi connectivity index (χ0) is 24.5. The molecule has 1 aliphatic heterocycles. The third-order valence-electron chi connectivity index (χ3n) is 5.45. The highest BCUT2D eigenvalue weighted by Crippen LogP contribution is 2.26. The molecular weight excluding hydrogens is 442 g/mol. The van der Waals surface area contributed by atoms with E-state index in [4.69, 9.17) is 15.5 Å². The molecular formula is C28H31N3O2S. The first-order chi connectivity index (χ1) is 16.4. The van der Waals surface area contributed by atoms with Crippen LogP contribution in [-0.2, 0) is 11.2 Å². The van der Waals surface area contributed by atoms with Gasteiger partial charge in [-0.3, -0.25) is 4.79 Å². The van der Waals surface area contributed by atoms with Gasteiger partial charge in [0, 0.05) is 45.7 Å². The number of aromatic nitrogens is 1. The predicted molar refractivity (Wildman–Crippen MR) is 144 cm³/mol. The second-order valence-corrected chi connectivity index (χ2v) is 8.72. The van der Waals surface area contributed by atoms with Crippen LogP contribution < -0.4 is 5.73 Å². The van der Waals surface area contributed by atoms with E-state index in [0.29, 0.717) is 0 Å². The highest BCUT2D eigenvalue weighted by atomic mass is 32.1. The van der Waals surface area contributed by atoms with Crippen LogP contribution >= 0.6 is 11.3 Å². The van der Waals surface area contributed by atoms with Crippen LogP contribution in [0.25, 0.3) is 11.6 Å². The van der Waals surface area contributed by atoms with Crippen molar-refractivity contribution in [2.45, 2.75) is 33.6 Å². The summed E-state index contributed by atoms with van der Waals surface area (Å²) in [6.07, 6.45) is 8.78. The number of ether oxygens (including phenoxy) is 1. The zero-order valence-corrected chi connectivity index (χ0v) is 20.9. The minimum atomic E-state index is 0.731. The molecule has 4 rings (SSSR count). The molecule has 0 saturated carbocycles. The number of rotatable bonds is 6. The van der Waals surface area contributed by atoms with Gasteiger partial charge in [-0.25, -0.2) is 4.99 Å². The Morgan fingerprint density at radius 1 is 1.29 bits per heavy atom. The van der Waals surface area contributed by atoms with E-state index in [1.54, 1.807) is 13.2 Å². The minimum absolute atomic E-state index is 0.731. The van der Waals surface area contributed by atoms with Crippen molar-refractivity contribution in [3.05, 3.63) is 98.8 Å². The molecule has 0 fully saturated rings. The molecule has 0 atom stereocenters. The third kappa shape index (κ3) is 6.45. The fourth-order valence-electron chi connectivity index (χ4n) is 3.59. The van der Waals surface area contributed by atoms with E-state index in [-0.39, 0.29) is 0 Å². The number of para-hydroxylation sites is 1. The topological polar surface area (TPSA) is 80.5 Å². The number of hydrogen-bond donors (Lipinski definition) is 2. The Hall–Kier alpha value is -3.64. The molecule has 0 unspecified atom stereocenters. The van der Waals surface area contributed by atoms with Gasteiger partial charge in [-0.05, 0) is 73.2 Å². The summed E-state index contributed by atoms with van der Waals surface area (Å²) >= 11 is 1.53. The normalized spacial score (nSPS) is 14.7. The summed E-state index contributed by atoms with van der Waals surface area (Å²) in [5, 5.41) is 3.69. The average Bonchev–Trinajstić information content (AvgIpc) is 3.50. The maximum Gasteiger partial charge on any atom is 0.150 e. The number of aryl methyl sites for hydroxylation is 2. The summed E-state index contributed by atoms with van der Waals surface area (Å²) in [7, 11) is 1.69. The first kappa shape index (κ1) is 25.0. The molecule has 3 heterocycles. The van der Waals surface area contributed by atoms with Crippen molar-refractivity contribution < 1.29 is 9.53 Å². The van der Waals surface area contributed by atoms with E-state index < -0.39 is 0 Å². The summed E-state index contributed by atoms with van der Waals surface area (Å²) in [5.74, 6) is 0.802. The SMILES string of the molecule is CCc1cc(C)c(/C=C2N=C(/C=C(\C)c3ccccc3N)CC=C\2OC)[nH]1.O=Cc1ccsc1. The molecule has 0 spiro atoms. The number of methoxy groups -OCH3 is 1. The lowest BCUT2D eigenvalue weighted by atomic mass is 10.0. The number of nitrogens with one attached hydrogen (secondary N) is 1. The van der Waals surface area contributed by atoms with Crippen molar-refractivity contribution >= 4 is 40.7 Å². The molecule has 0 amide bonds. The van der Waals surface area contributed by atoms with E-state index in [9.17, 15) is 4.79 Å². The maximum atomic E-state index is 9.87. The number of H-pyrrole nitrogens is 1. The number of anilines is 1. The van der Waals surface area contributed by atoms with Crippen LogP contribution in [0.5, 0.6) is 0 Å². The number of carbonyl (C=O) groups is 1. The zero-order valence-electron chi connectivity index (χ0n) is 20.1. The van der Waals surface area contributed by atoms with Crippen LogP contribution in [0.4, 0.5) is 5.69 Å². The number of aromatic amines is 1. The maximum absolute atomic E-state index is 9.87. The standard InChI is InChI=1S/C23H27N3O.C5H4OS/c1-5-17-13-16(3)21(25-17)14-22-23(27-4)11-10-18(26-22)12-15(2)19-8-6-7-9-20(19)24;6-3-5-1-2-7-4-5/h6-9,11-14,25H,5,10,24H2,1-4H3;1-4H/b15-12+,22-14-;. The second kappa shape index (κ2) is 12.0. The number of nitrogen functional groups attached to an aromatic ring is 1. The van der Waals surface area contributed by atoms with Gasteiger partial charge in [-0.15, -0.1) is 0 Å². The van der Waals surface area contributed by atoms with E-state index in [1.807, 2.05) is 35.0 Å². The summed E-state index contributed by atoms with van der Waals surface area (Å²) in [6, 6.07) is 11.9. The van der Waals surface area contributed by atoms with Gasteiger partial charge in [0.15, 0.2) is 6.29 Å². The molecule has 176 valence electrons. The Kier molecular flexibility index (Phi) is 8.82. The lowest BCUT2D eigenvalue weighted by Crippen LogP contribution is -2.05. The number of allylic oxidation sites excluding steroid dienone is 3. The number of carbonyl (C=O) groups excluding carboxylic acids is 1. The number of aliphatic imine (C=N–C) groups is 1. The molecule has 0 aliphatic carbocycles. The molecule has 1 aliphatic rings. The first-order valence-corrected chi connectivity index (χ1v) is 12.1. The van der Waals surface area contributed by atoms with Crippen LogP contribution in [0.15, 0.2) is 75.8 Å². The van der Waals surface area contributed by atoms with Crippen molar-refractivity contribution in [1.29, 1.82) is 0 Å². The summed E-state index contributed by atoms with van der Waals surface area (Å²) in [5.41, 5.74) is 15.1. The van der Waals surface area contributed by atoms with E-state index in [0.717, 1.165) is 64.4 Å². The number of benzene rings is 1.